The summed E-state index contributed by atoms with van der Waals surface area (Å²) in [6, 6.07) is 6.58. The number of methoxy groups -OCH3 is 1. The van der Waals surface area contributed by atoms with Crippen LogP contribution in [0.15, 0.2) is 18.2 Å². The van der Waals surface area contributed by atoms with Crippen LogP contribution in [0.25, 0.3) is 0 Å². The van der Waals surface area contributed by atoms with E-state index in [1.54, 1.807) is 7.11 Å². The van der Waals surface area contributed by atoms with Crippen molar-refractivity contribution in [1.29, 1.82) is 0 Å². The van der Waals surface area contributed by atoms with E-state index in [1.807, 2.05) is 18.2 Å². The lowest BCUT2D eigenvalue weighted by Gasteiger charge is -2.11. The van der Waals surface area contributed by atoms with E-state index in [0.29, 0.717) is 17.5 Å². The number of hydrogen-bond acceptors (Lipinski definition) is 4. The Morgan fingerprint density at radius 2 is 2.18 bits per heavy atom. The molecule has 17 heavy (non-hydrogen) atoms. The molecular formula is C13H19NO3. The van der Waals surface area contributed by atoms with Crippen molar-refractivity contribution in [2.24, 2.45) is 0 Å². The molecule has 94 valence electrons. The molecule has 0 spiro atoms. The lowest BCUT2D eigenvalue weighted by molar-refractivity contribution is 0.196. The van der Waals surface area contributed by atoms with Gasteiger partial charge in [-0.25, -0.2) is 0 Å². The van der Waals surface area contributed by atoms with Crippen LogP contribution in [0.2, 0.25) is 0 Å². The van der Waals surface area contributed by atoms with Crippen LogP contribution >= 0.6 is 0 Å². The minimum Gasteiger partial charge on any atom is -0.493 e. The van der Waals surface area contributed by atoms with Crippen molar-refractivity contribution in [1.82, 2.24) is 5.32 Å². The first kappa shape index (κ1) is 12.2. The standard InChI is InChI=1S/C13H19NO3/c1-16-13-8-10(9-14-11-3-4-11)2-5-12(13)17-7-6-15/h2,5,8,11,14-15H,3-4,6-7,9H2,1H3. The Kier molecular flexibility index (Phi) is 4.23. The number of aliphatic hydroxyl groups is 1. The molecule has 1 aliphatic carbocycles. The molecule has 1 aliphatic rings. The molecule has 4 nitrogen and oxygen atoms in total. The van der Waals surface area contributed by atoms with Crippen molar-refractivity contribution in [2.45, 2.75) is 25.4 Å². The van der Waals surface area contributed by atoms with E-state index < -0.39 is 0 Å². The topological polar surface area (TPSA) is 50.7 Å². The normalized spacial score (nSPS) is 14.7. The average Bonchev–Trinajstić information content (AvgIpc) is 3.18. The lowest BCUT2D eigenvalue weighted by Crippen LogP contribution is -2.15. The molecule has 0 bridgehead atoms. The zero-order valence-corrected chi connectivity index (χ0v) is 10.1. The zero-order valence-electron chi connectivity index (χ0n) is 10.1. The number of rotatable bonds is 7. The van der Waals surface area contributed by atoms with Crippen molar-refractivity contribution in [3.05, 3.63) is 23.8 Å². The van der Waals surface area contributed by atoms with Crippen molar-refractivity contribution in [3.8, 4) is 11.5 Å². The van der Waals surface area contributed by atoms with Gasteiger partial charge in [-0.05, 0) is 30.5 Å². The van der Waals surface area contributed by atoms with E-state index in [9.17, 15) is 0 Å². The molecule has 4 heteroatoms. The fraction of sp³-hybridized carbons (Fsp3) is 0.538. The van der Waals surface area contributed by atoms with Gasteiger partial charge < -0.3 is 19.9 Å². The Morgan fingerprint density at radius 3 is 2.82 bits per heavy atom. The number of aliphatic hydroxyl groups excluding tert-OH is 1. The summed E-state index contributed by atoms with van der Waals surface area (Å²) < 4.78 is 10.6. The van der Waals surface area contributed by atoms with E-state index in [2.05, 4.69) is 5.32 Å². The van der Waals surface area contributed by atoms with Crippen LogP contribution in [0.1, 0.15) is 18.4 Å². The molecule has 0 unspecified atom stereocenters. The highest BCUT2D eigenvalue weighted by Crippen LogP contribution is 2.28. The third-order valence-corrected chi connectivity index (χ3v) is 2.75. The first-order chi connectivity index (χ1) is 8.33. The molecule has 1 fully saturated rings. The first-order valence-electron chi connectivity index (χ1n) is 5.97. The molecule has 0 aromatic heterocycles. The summed E-state index contributed by atoms with van der Waals surface area (Å²) in [4.78, 5) is 0. The summed E-state index contributed by atoms with van der Waals surface area (Å²) in [5, 5.41) is 12.2. The first-order valence-corrected chi connectivity index (χ1v) is 5.97. The van der Waals surface area contributed by atoms with Crippen LogP contribution in [0.5, 0.6) is 11.5 Å². The third kappa shape index (κ3) is 3.61. The van der Waals surface area contributed by atoms with Crippen LogP contribution in [-0.4, -0.2) is 31.5 Å². The van der Waals surface area contributed by atoms with E-state index in [4.69, 9.17) is 14.6 Å². The van der Waals surface area contributed by atoms with Gasteiger partial charge in [-0.2, -0.15) is 0 Å². The van der Waals surface area contributed by atoms with Gasteiger partial charge in [0.25, 0.3) is 0 Å². The van der Waals surface area contributed by atoms with Crippen molar-refractivity contribution >= 4 is 0 Å². The third-order valence-electron chi connectivity index (χ3n) is 2.75. The van der Waals surface area contributed by atoms with Crippen LogP contribution in [0, 0.1) is 0 Å². The summed E-state index contributed by atoms with van der Waals surface area (Å²) in [5.74, 6) is 1.39. The van der Waals surface area contributed by atoms with Crippen LogP contribution in [0.4, 0.5) is 0 Å². The van der Waals surface area contributed by atoms with Gasteiger partial charge in [-0.1, -0.05) is 6.07 Å². The second kappa shape index (κ2) is 5.89. The Morgan fingerprint density at radius 1 is 1.35 bits per heavy atom. The summed E-state index contributed by atoms with van der Waals surface area (Å²) in [6.07, 6.45) is 2.57. The van der Waals surface area contributed by atoms with Gasteiger partial charge in [0.05, 0.1) is 13.7 Å². The van der Waals surface area contributed by atoms with E-state index in [0.717, 1.165) is 6.54 Å². The van der Waals surface area contributed by atoms with Gasteiger partial charge >= 0.3 is 0 Å². The molecule has 1 aromatic carbocycles. The fourth-order valence-corrected chi connectivity index (χ4v) is 1.65. The van der Waals surface area contributed by atoms with Gasteiger partial charge in [0.1, 0.15) is 6.61 Å². The number of benzene rings is 1. The Labute approximate surface area is 102 Å². The molecule has 0 radical (unpaired) electrons. The smallest absolute Gasteiger partial charge is 0.161 e. The zero-order chi connectivity index (χ0) is 12.1. The highest BCUT2D eigenvalue weighted by molar-refractivity contribution is 5.43. The summed E-state index contributed by atoms with van der Waals surface area (Å²) in [5.41, 5.74) is 1.19. The predicted octanol–water partition coefficient (Wildman–Crippen LogP) is 1.32. The van der Waals surface area contributed by atoms with Gasteiger partial charge in [0.15, 0.2) is 11.5 Å². The van der Waals surface area contributed by atoms with E-state index in [-0.39, 0.29) is 13.2 Å². The molecule has 2 N–H and O–H groups in total. The second-order valence-electron chi connectivity index (χ2n) is 4.21. The van der Waals surface area contributed by atoms with Crippen LogP contribution < -0.4 is 14.8 Å². The van der Waals surface area contributed by atoms with Gasteiger partial charge in [0, 0.05) is 12.6 Å². The monoisotopic (exact) mass is 237 g/mol. The predicted molar refractivity (Wildman–Crippen MR) is 65.4 cm³/mol. The number of hydrogen-bond donors (Lipinski definition) is 2. The largest absolute Gasteiger partial charge is 0.493 e. The highest BCUT2D eigenvalue weighted by Gasteiger charge is 2.20. The molecule has 0 amide bonds. The Hall–Kier alpha value is -1.26. The molecule has 0 aliphatic heterocycles. The van der Waals surface area contributed by atoms with Gasteiger partial charge in [-0.15, -0.1) is 0 Å². The highest BCUT2D eigenvalue weighted by atomic mass is 16.5. The molecule has 0 atom stereocenters. The summed E-state index contributed by atoms with van der Waals surface area (Å²) in [6.45, 7) is 1.16. The number of ether oxygens (including phenoxy) is 2. The van der Waals surface area contributed by atoms with E-state index in [1.165, 1.54) is 18.4 Å². The molecule has 2 rings (SSSR count). The van der Waals surface area contributed by atoms with Crippen LogP contribution in [0.3, 0.4) is 0 Å². The maximum Gasteiger partial charge on any atom is 0.161 e. The summed E-state index contributed by atoms with van der Waals surface area (Å²) in [7, 11) is 1.62. The van der Waals surface area contributed by atoms with Crippen LogP contribution in [-0.2, 0) is 6.54 Å². The Bertz CT molecular complexity index is 364. The minimum atomic E-state index is 0.00808. The molecule has 1 saturated carbocycles. The maximum absolute atomic E-state index is 8.72. The SMILES string of the molecule is COc1cc(CNC2CC2)ccc1OCCO. The molecule has 0 saturated heterocycles. The van der Waals surface area contributed by atoms with Gasteiger partial charge in [0.2, 0.25) is 0 Å². The number of nitrogens with one attached hydrogen (secondary N) is 1. The lowest BCUT2D eigenvalue weighted by atomic mass is 10.2. The van der Waals surface area contributed by atoms with E-state index >= 15 is 0 Å². The average molecular weight is 237 g/mol. The second-order valence-corrected chi connectivity index (χ2v) is 4.21. The van der Waals surface area contributed by atoms with Crippen molar-refractivity contribution in [2.75, 3.05) is 20.3 Å². The molecular weight excluding hydrogens is 218 g/mol. The fourth-order valence-electron chi connectivity index (χ4n) is 1.65. The molecule has 0 heterocycles. The maximum atomic E-state index is 8.72. The van der Waals surface area contributed by atoms with Crippen molar-refractivity contribution in [3.63, 3.8) is 0 Å². The van der Waals surface area contributed by atoms with Crippen molar-refractivity contribution < 1.29 is 14.6 Å². The Balaban J connectivity index is 1.98. The molecule has 1 aromatic rings. The summed E-state index contributed by atoms with van der Waals surface area (Å²) >= 11 is 0. The van der Waals surface area contributed by atoms with Gasteiger partial charge in [-0.3, -0.25) is 0 Å². The quantitative estimate of drug-likeness (QED) is 0.751. The minimum absolute atomic E-state index is 0.00808.